The second-order valence-electron chi connectivity index (χ2n) is 4.97. The molecular formula is C16H33NO. The third-order valence-electron chi connectivity index (χ3n) is 2.88. The molecule has 108 valence electrons. The molecule has 0 radical (unpaired) electrons. The minimum Gasteiger partial charge on any atom is -0.366 e. The molecule has 0 bridgehead atoms. The van der Waals surface area contributed by atoms with E-state index in [4.69, 9.17) is 5.73 Å². The number of primary amides is 1. The van der Waals surface area contributed by atoms with Crippen molar-refractivity contribution in [3.05, 3.63) is 12.2 Å². The van der Waals surface area contributed by atoms with Crippen LogP contribution in [0.25, 0.3) is 0 Å². The molecule has 0 aliphatic heterocycles. The fourth-order valence-corrected chi connectivity index (χ4v) is 1.56. The molecule has 0 aromatic rings. The van der Waals surface area contributed by atoms with Crippen molar-refractivity contribution in [3.8, 4) is 0 Å². The summed E-state index contributed by atoms with van der Waals surface area (Å²) >= 11 is 0. The fraction of sp³-hybridized carbons (Fsp3) is 0.812. The molecule has 0 heterocycles. The minimum atomic E-state index is -0.435. The molecule has 18 heavy (non-hydrogen) atoms. The van der Waals surface area contributed by atoms with Crippen LogP contribution < -0.4 is 5.73 Å². The number of hydrogen-bond donors (Lipinski definition) is 1. The molecule has 2 N–H and O–H groups in total. The third-order valence-corrected chi connectivity index (χ3v) is 2.88. The zero-order valence-corrected chi connectivity index (χ0v) is 12.8. The Bertz CT molecular complexity index is 177. The quantitative estimate of drug-likeness (QED) is 0.434. The maximum Gasteiger partial charge on any atom is 0.243 e. The zero-order chi connectivity index (χ0) is 14.2. The lowest BCUT2D eigenvalue weighted by atomic mass is 10.1. The fourth-order valence-electron chi connectivity index (χ4n) is 1.56. The molecule has 0 saturated carbocycles. The number of rotatable bonds is 10. The molecule has 0 unspecified atom stereocenters. The van der Waals surface area contributed by atoms with Gasteiger partial charge < -0.3 is 5.73 Å². The van der Waals surface area contributed by atoms with Crippen LogP contribution in [0.2, 0.25) is 0 Å². The van der Waals surface area contributed by atoms with Crippen LogP contribution in [0.1, 0.15) is 85.0 Å². The van der Waals surface area contributed by atoms with Crippen molar-refractivity contribution in [1.82, 2.24) is 0 Å². The summed E-state index contributed by atoms with van der Waals surface area (Å²) in [6.45, 7) is 9.41. The Hall–Kier alpha value is -0.790. The van der Waals surface area contributed by atoms with Crippen LogP contribution in [-0.4, -0.2) is 5.91 Å². The molecule has 0 spiro atoms. The van der Waals surface area contributed by atoms with Crippen LogP contribution in [-0.2, 0) is 4.79 Å². The summed E-state index contributed by atoms with van der Waals surface area (Å²) in [5.74, 6) is -0.435. The van der Waals surface area contributed by atoms with E-state index in [-0.39, 0.29) is 0 Å². The van der Waals surface area contributed by atoms with Crippen molar-refractivity contribution >= 4 is 5.91 Å². The van der Waals surface area contributed by atoms with Gasteiger partial charge in [0.1, 0.15) is 0 Å². The lowest BCUT2D eigenvalue weighted by molar-refractivity contribution is -0.114. The average Bonchev–Trinajstić information content (AvgIpc) is 2.33. The van der Waals surface area contributed by atoms with Crippen molar-refractivity contribution in [2.24, 2.45) is 5.73 Å². The number of unbranched alkanes of at least 4 members (excludes halogenated alkanes) is 9. The highest BCUT2D eigenvalue weighted by molar-refractivity contribution is 5.90. The molecule has 0 aromatic heterocycles. The second-order valence-corrected chi connectivity index (χ2v) is 4.97. The normalized spacial score (nSPS) is 9.50. The maximum absolute atomic E-state index is 9.82. The number of amides is 1. The van der Waals surface area contributed by atoms with Gasteiger partial charge in [-0.05, 0) is 6.92 Å². The van der Waals surface area contributed by atoms with Crippen molar-refractivity contribution in [2.75, 3.05) is 0 Å². The van der Waals surface area contributed by atoms with E-state index in [9.17, 15) is 4.79 Å². The largest absolute Gasteiger partial charge is 0.366 e. The van der Waals surface area contributed by atoms with Crippen LogP contribution in [0, 0.1) is 0 Å². The van der Waals surface area contributed by atoms with Crippen LogP contribution in [0.4, 0.5) is 0 Å². The highest BCUT2D eigenvalue weighted by Gasteiger charge is 1.90. The van der Waals surface area contributed by atoms with Gasteiger partial charge in [0.15, 0.2) is 0 Å². The summed E-state index contributed by atoms with van der Waals surface area (Å²) in [4.78, 5) is 9.82. The summed E-state index contributed by atoms with van der Waals surface area (Å²) in [5.41, 5.74) is 5.09. The molecule has 0 fully saturated rings. The number of carbonyl (C=O) groups is 1. The molecule has 0 saturated heterocycles. The summed E-state index contributed by atoms with van der Waals surface area (Å²) in [5, 5.41) is 0. The van der Waals surface area contributed by atoms with E-state index in [1.54, 1.807) is 6.92 Å². The monoisotopic (exact) mass is 255 g/mol. The first-order chi connectivity index (χ1) is 8.56. The topological polar surface area (TPSA) is 43.1 Å². The van der Waals surface area contributed by atoms with Gasteiger partial charge in [0.05, 0.1) is 0 Å². The maximum atomic E-state index is 9.82. The predicted octanol–water partition coefficient (Wildman–Crippen LogP) is 4.98. The second kappa shape index (κ2) is 16.2. The van der Waals surface area contributed by atoms with E-state index in [1.165, 1.54) is 64.2 Å². The first-order valence-corrected chi connectivity index (χ1v) is 7.51. The summed E-state index contributed by atoms with van der Waals surface area (Å²) in [7, 11) is 0. The summed E-state index contributed by atoms with van der Waals surface area (Å²) in [6.07, 6.45) is 14.4. The van der Waals surface area contributed by atoms with Gasteiger partial charge in [-0.25, -0.2) is 0 Å². The first-order valence-electron chi connectivity index (χ1n) is 7.51. The van der Waals surface area contributed by atoms with E-state index in [2.05, 4.69) is 20.4 Å². The Morgan fingerprint density at radius 3 is 1.22 bits per heavy atom. The van der Waals surface area contributed by atoms with E-state index < -0.39 is 5.91 Å². The third kappa shape index (κ3) is 20.6. The minimum absolute atomic E-state index is 0.398. The van der Waals surface area contributed by atoms with Crippen LogP contribution >= 0.6 is 0 Å². The first kappa shape index (κ1) is 19.5. The van der Waals surface area contributed by atoms with Gasteiger partial charge >= 0.3 is 0 Å². The van der Waals surface area contributed by atoms with Crippen molar-refractivity contribution < 1.29 is 4.79 Å². The van der Waals surface area contributed by atoms with Gasteiger partial charge in [-0.2, -0.15) is 0 Å². The molecule has 0 atom stereocenters. The highest BCUT2D eigenvalue weighted by Crippen LogP contribution is 2.09. The van der Waals surface area contributed by atoms with E-state index in [0.29, 0.717) is 5.57 Å². The average molecular weight is 255 g/mol. The van der Waals surface area contributed by atoms with Gasteiger partial charge in [0, 0.05) is 5.57 Å². The predicted molar refractivity (Wildman–Crippen MR) is 81.5 cm³/mol. The molecule has 0 aromatic carbocycles. The van der Waals surface area contributed by atoms with Gasteiger partial charge in [-0.15, -0.1) is 0 Å². The molecular weight excluding hydrogens is 222 g/mol. The Morgan fingerprint density at radius 1 is 0.833 bits per heavy atom. The molecule has 2 heteroatoms. The van der Waals surface area contributed by atoms with E-state index in [1.807, 2.05) is 0 Å². The van der Waals surface area contributed by atoms with Crippen molar-refractivity contribution in [1.29, 1.82) is 0 Å². The van der Waals surface area contributed by atoms with Crippen LogP contribution in [0.5, 0.6) is 0 Å². The molecule has 1 amide bonds. The highest BCUT2D eigenvalue weighted by atomic mass is 16.1. The summed E-state index contributed by atoms with van der Waals surface area (Å²) < 4.78 is 0. The molecule has 0 aliphatic carbocycles. The lowest BCUT2D eigenvalue weighted by Gasteiger charge is -1.99. The van der Waals surface area contributed by atoms with Crippen molar-refractivity contribution in [2.45, 2.75) is 85.0 Å². The Balaban J connectivity index is 0. The van der Waals surface area contributed by atoms with E-state index in [0.717, 1.165) is 0 Å². The summed E-state index contributed by atoms with van der Waals surface area (Å²) in [6, 6.07) is 0. The number of nitrogens with two attached hydrogens (primary N) is 1. The molecule has 0 rings (SSSR count). The Morgan fingerprint density at radius 2 is 1.06 bits per heavy atom. The van der Waals surface area contributed by atoms with Crippen LogP contribution in [0.15, 0.2) is 12.2 Å². The van der Waals surface area contributed by atoms with Crippen LogP contribution in [0.3, 0.4) is 0 Å². The van der Waals surface area contributed by atoms with Gasteiger partial charge in [-0.3, -0.25) is 4.79 Å². The van der Waals surface area contributed by atoms with Gasteiger partial charge in [0.2, 0.25) is 5.91 Å². The van der Waals surface area contributed by atoms with Gasteiger partial charge in [0.25, 0.3) is 0 Å². The standard InChI is InChI=1S/C12H26.C4H7NO/c1-3-5-7-9-11-12-10-8-6-4-2;1-3(2)4(5)6/h3-12H2,1-2H3;1H2,2H3,(H2,5,6). The van der Waals surface area contributed by atoms with Crippen molar-refractivity contribution in [3.63, 3.8) is 0 Å². The zero-order valence-electron chi connectivity index (χ0n) is 12.8. The Labute approximate surface area is 114 Å². The number of hydrogen-bond acceptors (Lipinski definition) is 1. The van der Waals surface area contributed by atoms with E-state index >= 15 is 0 Å². The van der Waals surface area contributed by atoms with Gasteiger partial charge in [-0.1, -0.05) is 84.6 Å². The smallest absolute Gasteiger partial charge is 0.243 e. The SMILES string of the molecule is C=C(C)C(N)=O.CCCCCCCCCCCC. The molecule has 2 nitrogen and oxygen atoms in total. The Kier molecular flexibility index (Phi) is 17.6. The number of carbonyl (C=O) groups excluding carboxylic acids is 1. The molecule has 0 aliphatic rings. The lowest BCUT2D eigenvalue weighted by Crippen LogP contribution is -2.10.